The number of hydrogen-bond acceptors (Lipinski definition) is 5. The molecule has 0 spiro atoms. The monoisotopic (exact) mass is 525 g/mol. The van der Waals surface area contributed by atoms with Crippen LogP contribution in [-0.2, 0) is 16.4 Å². The molecule has 0 radical (unpaired) electrons. The van der Waals surface area contributed by atoms with Gasteiger partial charge in [-0.25, -0.2) is 31.6 Å². The Hall–Kier alpha value is -4.16. The molecular weight excluding hydrogens is 507 g/mol. The maximum absolute atomic E-state index is 15.6. The molecule has 2 aromatic carbocycles. The van der Waals surface area contributed by atoms with E-state index in [1.165, 1.54) is 18.6 Å². The second-order valence-electron chi connectivity index (χ2n) is 8.66. The van der Waals surface area contributed by atoms with Crippen LogP contribution < -0.4 is 4.72 Å². The van der Waals surface area contributed by atoms with Crippen molar-refractivity contribution in [3.8, 4) is 22.6 Å². The number of H-pyrrole nitrogens is 1. The van der Waals surface area contributed by atoms with Crippen LogP contribution in [0.1, 0.15) is 23.7 Å². The zero-order valence-electron chi connectivity index (χ0n) is 18.9. The van der Waals surface area contributed by atoms with Gasteiger partial charge in [0.25, 0.3) is 10.0 Å². The molecule has 8 nitrogen and oxygen atoms in total. The van der Waals surface area contributed by atoms with E-state index in [2.05, 4.69) is 19.7 Å². The first-order valence-corrected chi connectivity index (χ1v) is 12.7. The number of nitrogens with zero attached hydrogens (tertiary/aromatic N) is 3. The third-order valence-corrected chi connectivity index (χ3v) is 7.83. The minimum Gasteiger partial charge on any atom is -0.388 e. The molecule has 12 heteroatoms. The number of aromatic nitrogens is 4. The van der Waals surface area contributed by atoms with E-state index in [4.69, 9.17) is 0 Å². The van der Waals surface area contributed by atoms with Crippen molar-refractivity contribution >= 4 is 21.2 Å². The van der Waals surface area contributed by atoms with E-state index in [0.717, 1.165) is 24.3 Å². The van der Waals surface area contributed by atoms with E-state index < -0.39 is 49.7 Å². The third-order valence-electron chi connectivity index (χ3n) is 6.40. The molecule has 1 aliphatic carbocycles. The molecule has 1 atom stereocenters. The van der Waals surface area contributed by atoms with E-state index >= 15 is 4.39 Å². The van der Waals surface area contributed by atoms with Crippen LogP contribution in [-0.4, -0.2) is 32.9 Å². The van der Waals surface area contributed by atoms with Gasteiger partial charge in [0.2, 0.25) is 0 Å². The standard InChI is InChI=1S/C25H18F3N5O3S/c26-14-9-16-15(2-6-20(16)34)21(10-14)37(35,36)32-18-4-3-17(27)22(23(18)28)13-1-5-19-24(25-29-7-8-30-25)31-12-33(19)11-13/h1,3-5,7-12,20,32,34H,2,6H2,(H,29,30). The Kier molecular flexibility index (Phi) is 5.31. The predicted octanol–water partition coefficient (Wildman–Crippen LogP) is 4.59. The number of anilines is 1. The number of nitrogens with one attached hydrogen (secondary N) is 2. The maximum Gasteiger partial charge on any atom is 0.262 e. The lowest BCUT2D eigenvalue weighted by Crippen LogP contribution is -2.17. The van der Waals surface area contributed by atoms with Gasteiger partial charge in [-0.05, 0) is 54.3 Å². The highest BCUT2D eigenvalue weighted by Crippen LogP contribution is 2.38. The number of pyridine rings is 1. The van der Waals surface area contributed by atoms with E-state index in [-0.39, 0.29) is 29.5 Å². The van der Waals surface area contributed by atoms with Gasteiger partial charge in [-0.15, -0.1) is 0 Å². The lowest BCUT2D eigenvalue weighted by atomic mass is 10.0. The molecule has 37 heavy (non-hydrogen) atoms. The van der Waals surface area contributed by atoms with Crippen LogP contribution in [0, 0.1) is 17.5 Å². The van der Waals surface area contributed by atoms with Crippen LogP contribution >= 0.6 is 0 Å². The van der Waals surface area contributed by atoms with Crippen LogP contribution in [0.5, 0.6) is 0 Å². The number of hydrogen-bond donors (Lipinski definition) is 3. The van der Waals surface area contributed by atoms with Gasteiger partial charge in [0.15, 0.2) is 11.6 Å². The van der Waals surface area contributed by atoms with Crippen molar-refractivity contribution in [2.24, 2.45) is 0 Å². The van der Waals surface area contributed by atoms with Crippen molar-refractivity contribution in [3.05, 3.63) is 89.9 Å². The minimum absolute atomic E-state index is 0.140. The Bertz CT molecular complexity index is 1790. The molecule has 3 aromatic heterocycles. The van der Waals surface area contributed by atoms with Crippen LogP contribution in [0.3, 0.4) is 0 Å². The zero-order valence-corrected chi connectivity index (χ0v) is 19.7. The van der Waals surface area contributed by atoms with Crippen molar-refractivity contribution in [1.29, 1.82) is 0 Å². The molecule has 0 saturated carbocycles. The van der Waals surface area contributed by atoms with Crippen molar-refractivity contribution in [2.45, 2.75) is 23.8 Å². The lowest BCUT2D eigenvalue weighted by Gasteiger charge is -2.15. The molecule has 188 valence electrons. The summed E-state index contributed by atoms with van der Waals surface area (Å²) in [5.74, 6) is -2.36. The number of sulfonamides is 1. The summed E-state index contributed by atoms with van der Waals surface area (Å²) in [4.78, 5) is 11.0. The summed E-state index contributed by atoms with van der Waals surface area (Å²) in [7, 11) is -4.46. The summed E-state index contributed by atoms with van der Waals surface area (Å²) in [6, 6.07) is 6.94. The van der Waals surface area contributed by atoms with Gasteiger partial charge in [0, 0.05) is 24.2 Å². The largest absolute Gasteiger partial charge is 0.388 e. The van der Waals surface area contributed by atoms with Gasteiger partial charge < -0.3 is 14.5 Å². The molecule has 1 aliphatic rings. The Morgan fingerprint density at radius 3 is 2.73 bits per heavy atom. The maximum atomic E-state index is 15.6. The van der Waals surface area contributed by atoms with Gasteiger partial charge in [-0.1, -0.05) is 6.07 Å². The zero-order chi connectivity index (χ0) is 25.9. The average Bonchev–Trinajstić information content (AvgIpc) is 3.61. The normalized spacial score (nSPS) is 15.3. The molecule has 5 aromatic rings. The molecule has 0 bridgehead atoms. The van der Waals surface area contributed by atoms with Crippen molar-refractivity contribution < 1.29 is 26.7 Å². The van der Waals surface area contributed by atoms with Crippen LogP contribution in [0.15, 0.2) is 66.2 Å². The van der Waals surface area contributed by atoms with Gasteiger partial charge >= 0.3 is 0 Å². The summed E-state index contributed by atoms with van der Waals surface area (Å²) in [6.07, 6.45) is 5.64. The first kappa shape index (κ1) is 23.3. The van der Waals surface area contributed by atoms with Gasteiger partial charge in [-0.3, -0.25) is 4.72 Å². The molecule has 0 fully saturated rings. The average molecular weight is 526 g/mol. The first-order valence-electron chi connectivity index (χ1n) is 11.2. The Morgan fingerprint density at radius 2 is 1.95 bits per heavy atom. The number of aliphatic hydroxyl groups excluding tert-OH is 1. The number of rotatable bonds is 5. The number of imidazole rings is 2. The summed E-state index contributed by atoms with van der Waals surface area (Å²) in [5.41, 5.74) is 0.822. The number of halogens is 3. The molecule has 0 amide bonds. The topological polar surface area (TPSA) is 112 Å². The second kappa shape index (κ2) is 8.46. The Labute approximate surface area is 208 Å². The van der Waals surface area contributed by atoms with Gasteiger partial charge in [0.1, 0.15) is 23.7 Å². The van der Waals surface area contributed by atoms with E-state index in [1.54, 1.807) is 22.9 Å². The van der Waals surface area contributed by atoms with Crippen molar-refractivity contribution in [1.82, 2.24) is 19.4 Å². The number of aromatic amines is 1. The van der Waals surface area contributed by atoms with Crippen molar-refractivity contribution in [2.75, 3.05) is 4.72 Å². The highest BCUT2D eigenvalue weighted by atomic mass is 32.2. The summed E-state index contributed by atoms with van der Waals surface area (Å²) < 4.78 is 74.6. The smallest absolute Gasteiger partial charge is 0.262 e. The fourth-order valence-electron chi connectivity index (χ4n) is 4.69. The highest BCUT2D eigenvalue weighted by Gasteiger charge is 2.30. The predicted molar refractivity (Wildman–Crippen MR) is 129 cm³/mol. The quantitative estimate of drug-likeness (QED) is 0.311. The molecule has 3 heterocycles. The number of aliphatic hydroxyl groups is 1. The SMILES string of the molecule is O=S(=O)(Nc1ccc(F)c(-c2ccc3c(-c4ncc[nH]4)ncn3c2)c1F)c1cc(F)cc2c1CCC2O. The molecule has 6 rings (SSSR count). The molecule has 3 N–H and O–H groups in total. The van der Waals surface area contributed by atoms with E-state index in [0.29, 0.717) is 17.0 Å². The lowest BCUT2D eigenvalue weighted by molar-refractivity contribution is 0.179. The fraction of sp³-hybridized carbons (Fsp3) is 0.120. The summed E-state index contributed by atoms with van der Waals surface area (Å²) in [5, 5.41) is 10.1. The van der Waals surface area contributed by atoms with Crippen LogP contribution in [0.2, 0.25) is 0 Å². The minimum atomic E-state index is -4.46. The van der Waals surface area contributed by atoms with E-state index in [1.807, 2.05) is 0 Å². The highest BCUT2D eigenvalue weighted by molar-refractivity contribution is 7.92. The molecular formula is C25H18F3N5O3S. The first-order chi connectivity index (χ1) is 17.7. The fourth-order valence-corrected chi connectivity index (χ4v) is 6.06. The third kappa shape index (κ3) is 3.85. The summed E-state index contributed by atoms with van der Waals surface area (Å²) >= 11 is 0. The van der Waals surface area contributed by atoms with Crippen molar-refractivity contribution in [3.63, 3.8) is 0 Å². The Morgan fingerprint density at radius 1 is 1.11 bits per heavy atom. The Balaban J connectivity index is 1.40. The molecule has 0 saturated heterocycles. The number of fused-ring (bicyclic) bond motifs is 2. The van der Waals surface area contributed by atoms with Crippen LogP contribution in [0.4, 0.5) is 18.9 Å². The van der Waals surface area contributed by atoms with Crippen LogP contribution in [0.25, 0.3) is 28.2 Å². The molecule has 1 unspecified atom stereocenters. The van der Waals surface area contributed by atoms with Gasteiger partial charge in [-0.2, -0.15) is 0 Å². The second-order valence-corrected chi connectivity index (χ2v) is 10.3. The molecule has 0 aliphatic heterocycles. The summed E-state index contributed by atoms with van der Waals surface area (Å²) in [6.45, 7) is 0. The number of benzene rings is 2. The van der Waals surface area contributed by atoms with Gasteiger partial charge in [0.05, 0.1) is 27.8 Å². The van der Waals surface area contributed by atoms with E-state index in [9.17, 15) is 22.3 Å².